The molecule has 0 aliphatic rings. The van der Waals surface area contributed by atoms with E-state index in [4.69, 9.17) is 5.21 Å². The van der Waals surface area contributed by atoms with Gasteiger partial charge in [-0.3, -0.25) is 24.6 Å². The number of aromatic nitrogens is 1. The van der Waals surface area contributed by atoms with E-state index in [0.29, 0.717) is 18.5 Å². The highest BCUT2D eigenvalue weighted by molar-refractivity contribution is 5.93. The highest BCUT2D eigenvalue weighted by Crippen LogP contribution is 2.07. The average molecular weight is 429 g/mol. The summed E-state index contributed by atoms with van der Waals surface area (Å²) in [7, 11) is 1.62. The minimum atomic E-state index is -0.336. The van der Waals surface area contributed by atoms with E-state index in [2.05, 4.69) is 10.3 Å². The van der Waals surface area contributed by atoms with E-state index in [1.54, 1.807) is 35.8 Å². The van der Waals surface area contributed by atoms with Gasteiger partial charge in [-0.15, -0.1) is 0 Å². The number of hydrogen-bond donors (Lipinski definition) is 3. The predicted octanol–water partition coefficient (Wildman–Crippen LogP) is 2.93. The Balaban J connectivity index is 0.000000399. The van der Waals surface area contributed by atoms with Gasteiger partial charge in [0.05, 0.1) is 12.2 Å². The number of hydroxylamine groups is 1. The lowest BCUT2D eigenvalue weighted by Crippen LogP contribution is -2.23. The van der Waals surface area contributed by atoms with E-state index < -0.39 is 0 Å². The lowest BCUT2D eigenvalue weighted by molar-refractivity contribution is -0.129. The molecule has 8 heteroatoms. The van der Waals surface area contributed by atoms with Crippen LogP contribution in [-0.2, 0) is 16.1 Å². The third-order valence-corrected chi connectivity index (χ3v) is 4.48. The lowest BCUT2D eigenvalue weighted by Gasteiger charge is -2.16. The van der Waals surface area contributed by atoms with Gasteiger partial charge >= 0.3 is 0 Å². The molecule has 0 saturated carbocycles. The van der Waals surface area contributed by atoms with Crippen molar-refractivity contribution in [3.8, 4) is 0 Å². The zero-order valence-electron chi connectivity index (χ0n) is 18.0. The maximum Gasteiger partial charge on any atom is 0.251 e. The second-order valence-corrected chi connectivity index (χ2v) is 6.89. The number of nitrogens with zero attached hydrogens (tertiary/aromatic N) is 2. The van der Waals surface area contributed by atoms with Crippen molar-refractivity contribution in [3.63, 3.8) is 0 Å². The van der Waals surface area contributed by atoms with Crippen LogP contribution in [0, 0.1) is 0 Å². The monoisotopic (exact) mass is 428 g/mol. The molecular weight excluding hydrogens is 396 g/mol. The van der Waals surface area contributed by atoms with Gasteiger partial charge in [-0.1, -0.05) is 43.5 Å². The maximum absolute atomic E-state index is 11.0. The molecule has 2 rings (SSSR count). The molecule has 0 fully saturated rings. The van der Waals surface area contributed by atoms with Gasteiger partial charge in [0, 0.05) is 31.8 Å². The molecule has 31 heavy (non-hydrogen) atoms. The molecule has 0 aliphatic carbocycles. The first-order valence-corrected chi connectivity index (χ1v) is 10.4. The van der Waals surface area contributed by atoms with E-state index in [-0.39, 0.29) is 11.8 Å². The summed E-state index contributed by atoms with van der Waals surface area (Å²) in [5, 5.41) is 10.9. The zero-order chi connectivity index (χ0) is 22.7. The van der Waals surface area contributed by atoms with E-state index in [1.165, 1.54) is 0 Å². The Morgan fingerprint density at radius 3 is 2.29 bits per heavy atom. The van der Waals surface area contributed by atoms with Gasteiger partial charge in [0.15, 0.2) is 0 Å². The van der Waals surface area contributed by atoms with Crippen molar-refractivity contribution in [2.75, 3.05) is 13.6 Å². The Morgan fingerprint density at radius 1 is 1.00 bits per heavy atom. The molecule has 0 aliphatic heterocycles. The molecule has 3 N–H and O–H groups in total. The van der Waals surface area contributed by atoms with Gasteiger partial charge in [-0.25, -0.2) is 5.48 Å². The first kappa shape index (κ1) is 25.8. The molecule has 8 nitrogen and oxygen atoms in total. The topological polar surface area (TPSA) is 112 Å². The highest BCUT2D eigenvalue weighted by atomic mass is 16.5. The molecule has 1 heterocycles. The molecule has 0 atom stereocenters. The summed E-state index contributed by atoms with van der Waals surface area (Å²) in [6.07, 6.45) is 7.66. The van der Waals surface area contributed by atoms with Crippen molar-refractivity contribution in [2.24, 2.45) is 0 Å². The van der Waals surface area contributed by atoms with Crippen molar-refractivity contribution in [2.45, 2.75) is 45.1 Å². The lowest BCUT2D eigenvalue weighted by atomic mass is 10.1. The fourth-order valence-electron chi connectivity index (χ4n) is 2.79. The fraction of sp³-hybridized carbons (Fsp3) is 0.391. The van der Waals surface area contributed by atoms with Crippen LogP contribution >= 0.6 is 0 Å². The van der Waals surface area contributed by atoms with E-state index in [1.807, 2.05) is 36.4 Å². The quantitative estimate of drug-likeness (QED) is 0.208. The number of unbranched alkanes of at least 4 members (excludes halogenated alkanes) is 4. The van der Waals surface area contributed by atoms with Crippen LogP contribution in [0.2, 0.25) is 0 Å². The Hall–Kier alpha value is -3.26. The second kappa shape index (κ2) is 16.5. The molecule has 1 aromatic heterocycles. The summed E-state index contributed by atoms with van der Waals surface area (Å²) in [5.41, 5.74) is 3.21. The van der Waals surface area contributed by atoms with Crippen LogP contribution in [0.3, 0.4) is 0 Å². The molecule has 2 aromatic rings. The van der Waals surface area contributed by atoms with Crippen molar-refractivity contribution < 1.29 is 19.6 Å². The molecule has 168 valence electrons. The zero-order valence-corrected chi connectivity index (χ0v) is 18.0. The molecule has 0 saturated heterocycles. The first-order chi connectivity index (χ1) is 15.1. The molecule has 0 radical (unpaired) electrons. The van der Waals surface area contributed by atoms with Crippen LogP contribution in [0.25, 0.3) is 0 Å². The molecule has 1 aromatic carbocycles. The number of benzene rings is 1. The molecule has 0 spiro atoms. The largest absolute Gasteiger partial charge is 0.355 e. The van der Waals surface area contributed by atoms with E-state index >= 15 is 0 Å². The summed E-state index contributed by atoms with van der Waals surface area (Å²) in [6.45, 7) is 1.26. The Labute approximate surface area is 183 Å². The van der Waals surface area contributed by atoms with Crippen LogP contribution in [0.1, 0.15) is 54.6 Å². The maximum atomic E-state index is 11.0. The number of carbonyl (C=O) groups excluding carboxylic acids is 3. The summed E-state index contributed by atoms with van der Waals surface area (Å²) < 4.78 is 0. The van der Waals surface area contributed by atoms with Crippen LogP contribution in [0.15, 0.2) is 54.7 Å². The van der Waals surface area contributed by atoms with Crippen molar-refractivity contribution in [1.29, 1.82) is 0 Å². The Bertz CT molecular complexity index is 757. The Morgan fingerprint density at radius 2 is 1.68 bits per heavy atom. The van der Waals surface area contributed by atoms with Crippen LogP contribution < -0.4 is 10.8 Å². The van der Waals surface area contributed by atoms with Crippen LogP contribution in [0.5, 0.6) is 0 Å². The number of nitrogens with one attached hydrogen (secondary N) is 2. The third kappa shape index (κ3) is 12.1. The number of pyridine rings is 1. The number of rotatable bonds is 12. The second-order valence-electron chi connectivity index (χ2n) is 6.89. The third-order valence-electron chi connectivity index (χ3n) is 4.48. The summed E-state index contributed by atoms with van der Waals surface area (Å²) in [5.74, 6) is -0.377. The van der Waals surface area contributed by atoms with Gasteiger partial charge in [0.25, 0.3) is 5.91 Å². The number of amides is 3. The minimum Gasteiger partial charge on any atom is -0.355 e. The summed E-state index contributed by atoms with van der Waals surface area (Å²) in [4.78, 5) is 38.6. The molecule has 3 amide bonds. The van der Waals surface area contributed by atoms with Crippen molar-refractivity contribution in [1.82, 2.24) is 20.7 Å². The van der Waals surface area contributed by atoms with Gasteiger partial charge in [0.1, 0.15) is 0 Å². The summed E-state index contributed by atoms with van der Waals surface area (Å²) in [6, 6.07) is 14.8. The molecule has 0 unspecified atom stereocenters. The van der Waals surface area contributed by atoms with E-state index in [0.717, 1.165) is 50.8 Å². The van der Waals surface area contributed by atoms with Gasteiger partial charge in [-0.2, -0.15) is 0 Å². The predicted molar refractivity (Wildman–Crippen MR) is 118 cm³/mol. The first-order valence-electron chi connectivity index (χ1n) is 10.4. The smallest absolute Gasteiger partial charge is 0.251 e. The average Bonchev–Trinajstić information content (AvgIpc) is 2.83. The van der Waals surface area contributed by atoms with E-state index in [9.17, 15) is 14.4 Å². The van der Waals surface area contributed by atoms with Crippen molar-refractivity contribution >= 4 is 18.2 Å². The van der Waals surface area contributed by atoms with Crippen LogP contribution in [-0.4, -0.2) is 46.9 Å². The minimum absolute atomic E-state index is 0.0411. The van der Waals surface area contributed by atoms with Gasteiger partial charge in [-0.05, 0) is 37.1 Å². The van der Waals surface area contributed by atoms with Crippen molar-refractivity contribution in [3.05, 3.63) is 66.0 Å². The number of carbonyl (C=O) groups is 3. The number of hydrogen-bond acceptors (Lipinski definition) is 5. The standard InChI is InChI=1S/C15H23N3O3.C8H9NO/c19-13-18(12-14-8-5-6-10-16-14)11-7-3-1-2-4-9-15(20)17-21;1-9-8(10)7-5-3-2-4-6-7/h5-6,8,10,13,21H,1-4,7,9,11-12H2,(H,17,20);2-6H,1H3,(H,9,10). The van der Waals surface area contributed by atoms with Gasteiger partial charge in [0.2, 0.25) is 12.3 Å². The molecule has 0 bridgehead atoms. The SMILES string of the molecule is CNC(=O)c1ccccc1.O=CN(CCCCCCCC(=O)NO)Cc1ccccn1. The highest BCUT2D eigenvalue weighted by Gasteiger charge is 2.04. The normalized spacial score (nSPS) is 9.74. The Kier molecular flexibility index (Phi) is 13.7. The molecular formula is C23H32N4O4. The fourth-order valence-corrected chi connectivity index (χ4v) is 2.79. The van der Waals surface area contributed by atoms with Gasteiger partial charge < -0.3 is 10.2 Å². The summed E-state index contributed by atoms with van der Waals surface area (Å²) >= 11 is 0. The van der Waals surface area contributed by atoms with Crippen LogP contribution in [0.4, 0.5) is 0 Å².